The largest absolute Gasteiger partial charge is 0.483 e. The van der Waals surface area contributed by atoms with Crippen molar-refractivity contribution in [2.24, 2.45) is 0 Å². The maximum absolute atomic E-state index is 13.4. The van der Waals surface area contributed by atoms with Crippen molar-refractivity contribution in [3.8, 4) is 5.75 Å². The lowest BCUT2D eigenvalue weighted by Crippen LogP contribution is -2.52. The van der Waals surface area contributed by atoms with Gasteiger partial charge >= 0.3 is 5.97 Å². The van der Waals surface area contributed by atoms with Crippen LogP contribution in [0.3, 0.4) is 0 Å². The van der Waals surface area contributed by atoms with Crippen LogP contribution in [0.4, 0.5) is 0 Å². The molecule has 1 saturated heterocycles. The molecule has 1 aromatic carbocycles. The minimum Gasteiger partial charge on any atom is -0.483 e. The van der Waals surface area contributed by atoms with Crippen LogP contribution in [0.5, 0.6) is 5.75 Å². The molecule has 7 heteroatoms. The molecule has 2 aromatic rings. The lowest BCUT2D eigenvalue weighted by molar-refractivity contribution is 0.0560. The van der Waals surface area contributed by atoms with E-state index in [4.69, 9.17) is 9.47 Å². The molecule has 0 aliphatic carbocycles. The number of aromatic nitrogens is 1. The van der Waals surface area contributed by atoms with Gasteiger partial charge in [0.2, 0.25) is 5.43 Å². The minimum atomic E-state index is -0.671. The number of methoxy groups -OCH3 is 1. The second-order valence-electron chi connectivity index (χ2n) is 8.34. The molecule has 3 aliphatic heterocycles. The standard InChI is InChI=1S/C23H24N2O5/c1-29-22(28)17-16-9-11-23-10-5-6-12-24(14-23)21(27)18(25(16)23)20(19(17)26)30-13-15-7-3-2-4-8-15/h2-4,7-8H,5-6,9-14H2,1H3. The monoisotopic (exact) mass is 408 g/mol. The van der Waals surface area contributed by atoms with Crippen molar-refractivity contribution >= 4 is 11.9 Å². The third-order valence-electron chi connectivity index (χ3n) is 6.64. The van der Waals surface area contributed by atoms with E-state index in [1.54, 1.807) is 0 Å². The predicted octanol–water partition coefficient (Wildman–Crippen LogP) is 2.50. The molecular weight excluding hydrogens is 384 g/mol. The van der Waals surface area contributed by atoms with Crippen LogP contribution in [-0.2, 0) is 23.3 Å². The molecule has 4 heterocycles. The number of fused-ring (bicyclic) bond motifs is 1. The van der Waals surface area contributed by atoms with Gasteiger partial charge in [0.25, 0.3) is 5.91 Å². The highest BCUT2D eigenvalue weighted by atomic mass is 16.5. The maximum atomic E-state index is 13.4. The van der Waals surface area contributed by atoms with Gasteiger partial charge in [0.05, 0.1) is 12.6 Å². The third-order valence-corrected chi connectivity index (χ3v) is 6.64. The number of carbonyl (C=O) groups is 2. The third kappa shape index (κ3) is 2.68. The van der Waals surface area contributed by atoms with Gasteiger partial charge in [0.15, 0.2) is 11.4 Å². The van der Waals surface area contributed by atoms with Gasteiger partial charge in [0.1, 0.15) is 12.2 Å². The Labute approximate surface area is 174 Å². The second kappa shape index (κ2) is 7.00. The molecule has 1 spiro atoms. The Balaban J connectivity index is 1.73. The van der Waals surface area contributed by atoms with E-state index in [-0.39, 0.29) is 29.4 Å². The average Bonchev–Trinajstić information content (AvgIpc) is 3.00. The molecule has 1 aromatic heterocycles. The van der Waals surface area contributed by atoms with E-state index in [2.05, 4.69) is 0 Å². The first-order valence-corrected chi connectivity index (χ1v) is 10.4. The molecule has 2 bridgehead atoms. The Morgan fingerprint density at radius 2 is 1.93 bits per heavy atom. The summed E-state index contributed by atoms with van der Waals surface area (Å²) in [5.74, 6) is -0.895. The summed E-state index contributed by atoms with van der Waals surface area (Å²) in [6.07, 6.45) is 4.23. The molecule has 1 amide bonds. The molecule has 1 atom stereocenters. The molecule has 30 heavy (non-hydrogen) atoms. The predicted molar refractivity (Wildman–Crippen MR) is 109 cm³/mol. The summed E-state index contributed by atoms with van der Waals surface area (Å²) in [5.41, 5.74) is 0.963. The molecule has 0 N–H and O–H groups in total. The Kier molecular flexibility index (Phi) is 4.41. The van der Waals surface area contributed by atoms with Crippen LogP contribution < -0.4 is 10.2 Å². The number of pyridine rings is 1. The van der Waals surface area contributed by atoms with E-state index in [0.29, 0.717) is 30.9 Å². The van der Waals surface area contributed by atoms with Crippen LogP contribution in [0, 0.1) is 0 Å². The molecule has 5 rings (SSSR count). The summed E-state index contributed by atoms with van der Waals surface area (Å²) < 4.78 is 12.9. The highest BCUT2D eigenvalue weighted by Gasteiger charge is 2.51. The zero-order valence-electron chi connectivity index (χ0n) is 17.0. The van der Waals surface area contributed by atoms with Crippen LogP contribution in [0.15, 0.2) is 35.1 Å². The van der Waals surface area contributed by atoms with Gasteiger partial charge in [-0.25, -0.2) is 4.79 Å². The molecule has 3 aliphatic rings. The van der Waals surface area contributed by atoms with E-state index >= 15 is 0 Å². The number of rotatable bonds is 4. The van der Waals surface area contributed by atoms with Gasteiger partial charge < -0.3 is 18.9 Å². The molecule has 156 valence electrons. The number of ether oxygens (including phenoxy) is 2. The zero-order chi connectivity index (χ0) is 20.9. The lowest BCUT2D eigenvalue weighted by Gasteiger charge is -2.42. The van der Waals surface area contributed by atoms with Crippen molar-refractivity contribution < 1.29 is 19.1 Å². The summed E-state index contributed by atoms with van der Waals surface area (Å²) in [5, 5.41) is 0. The number of esters is 1. The molecule has 0 radical (unpaired) electrons. The van der Waals surface area contributed by atoms with Crippen LogP contribution >= 0.6 is 0 Å². The smallest absolute Gasteiger partial charge is 0.343 e. The second-order valence-corrected chi connectivity index (χ2v) is 8.34. The van der Waals surface area contributed by atoms with Gasteiger partial charge in [-0.15, -0.1) is 0 Å². The van der Waals surface area contributed by atoms with E-state index in [9.17, 15) is 14.4 Å². The van der Waals surface area contributed by atoms with Crippen molar-refractivity contribution in [1.29, 1.82) is 0 Å². The number of carbonyl (C=O) groups excluding carboxylic acids is 2. The Hall–Kier alpha value is -3.09. The zero-order valence-corrected chi connectivity index (χ0v) is 17.0. The van der Waals surface area contributed by atoms with Crippen molar-refractivity contribution in [2.75, 3.05) is 20.2 Å². The highest BCUT2D eigenvalue weighted by molar-refractivity contribution is 5.99. The fourth-order valence-corrected chi connectivity index (χ4v) is 5.27. The normalized spacial score (nSPS) is 21.8. The summed E-state index contributed by atoms with van der Waals surface area (Å²) in [4.78, 5) is 41.2. The van der Waals surface area contributed by atoms with E-state index < -0.39 is 11.4 Å². The Morgan fingerprint density at radius 3 is 2.70 bits per heavy atom. The first-order chi connectivity index (χ1) is 14.6. The molecule has 0 saturated carbocycles. The first-order valence-electron chi connectivity index (χ1n) is 10.4. The van der Waals surface area contributed by atoms with Crippen molar-refractivity contribution in [1.82, 2.24) is 9.47 Å². The van der Waals surface area contributed by atoms with Crippen molar-refractivity contribution in [3.63, 3.8) is 0 Å². The van der Waals surface area contributed by atoms with Gasteiger partial charge in [-0.05, 0) is 37.7 Å². The van der Waals surface area contributed by atoms with Gasteiger partial charge in [-0.3, -0.25) is 9.59 Å². The molecule has 7 nitrogen and oxygen atoms in total. The van der Waals surface area contributed by atoms with Gasteiger partial charge in [0, 0.05) is 18.8 Å². The van der Waals surface area contributed by atoms with Crippen LogP contribution in [0.1, 0.15) is 57.8 Å². The Bertz CT molecular complexity index is 1090. The molecular formula is C23H24N2O5. The summed E-state index contributed by atoms with van der Waals surface area (Å²) in [7, 11) is 1.27. The van der Waals surface area contributed by atoms with Crippen molar-refractivity contribution in [2.45, 2.75) is 44.2 Å². The Morgan fingerprint density at radius 1 is 1.13 bits per heavy atom. The van der Waals surface area contributed by atoms with Gasteiger partial charge in [-0.1, -0.05) is 30.3 Å². The first kappa shape index (κ1) is 18.9. The fourth-order valence-electron chi connectivity index (χ4n) is 5.27. The average molecular weight is 408 g/mol. The quantitative estimate of drug-likeness (QED) is 0.727. The summed E-state index contributed by atoms with van der Waals surface area (Å²) in [6, 6.07) is 9.46. The highest BCUT2D eigenvalue weighted by Crippen LogP contribution is 2.45. The molecule has 1 fully saturated rings. The number of hydrogen-bond acceptors (Lipinski definition) is 5. The van der Waals surface area contributed by atoms with E-state index in [1.807, 2.05) is 39.8 Å². The van der Waals surface area contributed by atoms with Crippen molar-refractivity contribution in [3.05, 3.63) is 63.1 Å². The summed E-state index contributed by atoms with van der Waals surface area (Å²) in [6.45, 7) is 1.44. The lowest BCUT2D eigenvalue weighted by atomic mass is 9.89. The van der Waals surface area contributed by atoms with Crippen LogP contribution in [0.25, 0.3) is 0 Å². The van der Waals surface area contributed by atoms with E-state index in [0.717, 1.165) is 31.2 Å². The molecule has 1 unspecified atom stereocenters. The van der Waals surface area contributed by atoms with E-state index in [1.165, 1.54) is 7.11 Å². The number of benzene rings is 1. The maximum Gasteiger partial charge on any atom is 0.343 e. The van der Waals surface area contributed by atoms with Crippen LogP contribution in [-0.4, -0.2) is 41.5 Å². The number of hydrogen-bond donors (Lipinski definition) is 0. The van der Waals surface area contributed by atoms with Gasteiger partial charge in [-0.2, -0.15) is 0 Å². The summed E-state index contributed by atoms with van der Waals surface area (Å²) >= 11 is 0. The minimum absolute atomic E-state index is 0.00619. The number of amides is 1. The van der Waals surface area contributed by atoms with Crippen LogP contribution in [0.2, 0.25) is 0 Å². The fraction of sp³-hybridized carbons (Fsp3) is 0.435. The number of nitrogens with zero attached hydrogens (tertiary/aromatic N) is 2. The topological polar surface area (TPSA) is 77.8 Å². The SMILES string of the molecule is COC(=O)c1c2n3c(c(OCc4ccccc4)c1=O)C(=O)N1CCCCC3(CC2)C1.